The molecular weight excluding hydrogens is 246 g/mol. The van der Waals surface area contributed by atoms with E-state index in [0.29, 0.717) is 6.04 Å². The SMILES string of the molecule is Cn1c(-c2ccc(Cl)cc2)cnc1C1CCCN1. The van der Waals surface area contributed by atoms with Crippen molar-refractivity contribution in [2.24, 2.45) is 7.05 Å². The van der Waals surface area contributed by atoms with E-state index in [-0.39, 0.29) is 0 Å². The van der Waals surface area contributed by atoms with Crippen molar-refractivity contribution in [2.45, 2.75) is 18.9 Å². The number of rotatable bonds is 2. The van der Waals surface area contributed by atoms with Crippen molar-refractivity contribution in [1.29, 1.82) is 0 Å². The summed E-state index contributed by atoms with van der Waals surface area (Å²) in [6, 6.07) is 8.29. The van der Waals surface area contributed by atoms with E-state index in [2.05, 4.69) is 21.9 Å². The molecule has 1 aliphatic rings. The molecule has 2 heterocycles. The Balaban J connectivity index is 1.96. The number of nitrogens with one attached hydrogen (secondary N) is 1. The van der Waals surface area contributed by atoms with E-state index >= 15 is 0 Å². The third kappa shape index (κ3) is 2.04. The minimum Gasteiger partial charge on any atom is -0.330 e. The number of nitrogens with zero attached hydrogens (tertiary/aromatic N) is 2. The van der Waals surface area contributed by atoms with Crippen molar-refractivity contribution in [3.63, 3.8) is 0 Å². The highest BCUT2D eigenvalue weighted by Gasteiger charge is 2.21. The monoisotopic (exact) mass is 261 g/mol. The first-order chi connectivity index (χ1) is 8.75. The summed E-state index contributed by atoms with van der Waals surface area (Å²) in [6.07, 6.45) is 4.34. The zero-order valence-electron chi connectivity index (χ0n) is 10.4. The molecule has 94 valence electrons. The molecule has 4 heteroatoms. The van der Waals surface area contributed by atoms with Crippen molar-refractivity contribution in [3.05, 3.63) is 41.3 Å². The molecule has 3 nitrogen and oxygen atoms in total. The molecule has 0 amide bonds. The fourth-order valence-electron chi connectivity index (χ4n) is 2.54. The van der Waals surface area contributed by atoms with E-state index in [1.54, 1.807) is 0 Å². The maximum Gasteiger partial charge on any atom is 0.126 e. The predicted molar refractivity (Wildman–Crippen MR) is 73.6 cm³/mol. The summed E-state index contributed by atoms with van der Waals surface area (Å²) in [5.74, 6) is 1.12. The van der Waals surface area contributed by atoms with E-state index in [1.807, 2.05) is 30.5 Å². The summed E-state index contributed by atoms with van der Waals surface area (Å²) in [6.45, 7) is 1.09. The Labute approximate surface area is 112 Å². The van der Waals surface area contributed by atoms with Crippen LogP contribution in [0, 0.1) is 0 Å². The zero-order valence-corrected chi connectivity index (χ0v) is 11.1. The quantitative estimate of drug-likeness (QED) is 0.900. The second-order valence-corrected chi connectivity index (χ2v) is 5.15. The molecule has 1 aliphatic heterocycles. The molecule has 1 fully saturated rings. The lowest BCUT2D eigenvalue weighted by molar-refractivity contribution is 0.581. The van der Waals surface area contributed by atoms with Crippen molar-refractivity contribution in [1.82, 2.24) is 14.9 Å². The van der Waals surface area contributed by atoms with E-state index in [1.165, 1.54) is 12.8 Å². The number of benzene rings is 1. The van der Waals surface area contributed by atoms with Crippen LogP contribution in [0.4, 0.5) is 0 Å². The molecule has 1 aromatic heterocycles. The highest BCUT2D eigenvalue weighted by molar-refractivity contribution is 6.30. The molecule has 0 saturated carbocycles. The molecule has 18 heavy (non-hydrogen) atoms. The first-order valence-electron chi connectivity index (χ1n) is 6.26. The summed E-state index contributed by atoms with van der Waals surface area (Å²) < 4.78 is 2.17. The number of hydrogen-bond acceptors (Lipinski definition) is 2. The van der Waals surface area contributed by atoms with E-state index in [4.69, 9.17) is 11.6 Å². The summed E-state index contributed by atoms with van der Waals surface area (Å²) >= 11 is 5.92. The smallest absolute Gasteiger partial charge is 0.126 e. The molecular formula is C14H16ClN3. The van der Waals surface area contributed by atoms with Gasteiger partial charge in [-0.25, -0.2) is 4.98 Å². The molecule has 1 N–H and O–H groups in total. The Kier molecular flexibility index (Phi) is 3.10. The van der Waals surface area contributed by atoms with Crippen molar-refractivity contribution < 1.29 is 0 Å². The van der Waals surface area contributed by atoms with Gasteiger partial charge in [0.1, 0.15) is 5.82 Å². The van der Waals surface area contributed by atoms with Crippen LogP contribution in [0.1, 0.15) is 24.7 Å². The average molecular weight is 262 g/mol. The van der Waals surface area contributed by atoms with E-state index < -0.39 is 0 Å². The highest BCUT2D eigenvalue weighted by Crippen LogP contribution is 2.27. The zero-order chi connectivity index (χ0) is 12.5. The van der Waals surface area contributed by atoms with Crippen LogP contribution >= 0.6 is 11.6 Å². The Morgan fingerprint density at radius 1 is 1.33 bits per heavy atom. The van der Waals surface area contributed by atoms with Crippen LogP contribution in [0.5, 0.6) is 0 Å². The topological polar surface area (TPSA) is 29.9 Å². The molecule has 2 aromatic rings. The molecule has 0 bridgehead atoms. The number of halogens is 1. The average Bonchev–Trinajstić information content (AvgIpc) is 2.99. The summed E-state index contributed by atoms with van der Waals surface area (Å²) in [5, 5.41) is 4.25. The number of aromatic nitrogens is 2. The minimum atomic E-state index is 0.399. The summed E-state index contributed by atoms with van der Waals surface area (Å²) in [5.41, 5.74) is 2.29. The lowest BCUT2D eigenvalue weighted by Crippen LogP contribution is -2.17. The molecule has 3 rings (SSSR count). The maximum absolute atomic E-state index is 5.92. The van der Waals surface area contributed by atoms with E-state index in [9.17, 15) is 0 Å². The van der Waals surface area contributed by atoms with Gasteiger partial charge in [-0.3, -0.25) is 0 Å². The van der Waals surface area contributed by atoms with E-state index in [0.717, 1.165) is 28.6 Å². The molecule has 0 spiro atoms. The first kappa shape index (κ1) is 11.8. The fourth-order valence-corrected chi connectivity index (χ4v) is 2.67. The largest absolute Gasteiger partial charge is 0.330 e. The molecule has 0 radical (unpaired) electrons. The lowest BCUT2D eigenvalue weighted by Gasteiger charge is -2.11. The minimum absolute atomic E-state index is 0.399. The normalized spacial score (nSPS) is 19.3. The third-order valence-corrected chi connectivity index (χ3v) is 3.79. The van der Waals surface area contributed by atoms with Crippen LogP contribution in [-0.4, -0.2) is 16.1 Å². The van der Waals surface area contributed by atoms with Gasteiger partial charge in [-0.05, 0) is 37.1 Å². The van der Waals surface area contributed by atoms with Gasteiger partial charge in [0.05, 0.1) is 17.9 Å². The van der Waals surface area contributed by atoms with Gasteiger partial charge in [0.25, 0.3) is 0 Å². The van der Waals surface area contributed by atoms with Gasteiger partial charge < -0.3 is 9.88 Å². The second kappa shape index (κ2) is 4.75. The first-order valence-corrected chi connectivity index (χ1v) is 6.64. The summed E-state index contributed by atoms with van der Waals surface area (Å²) in [4.78, 5) is 4.56. The van der Waals surface area contributed by atoms with Crippen LogP contribution in [0.2, 0.25) is 5.02 Å². The van der Waals surface area contributed by atoms with Gasteiger partial charge in [0.2, 0.25) is 0 Å². The fraction of sp³-hybridized carbons (Fsp3) is 0.357. The Bertz CT molecular complexity index is 539. The van der Waals surface area contributed by atoms with Gasteiger partial charge >= 0.3 is 0 Å². The Morgan fingerprint density at radius 3 is 2.78 bits per heavy atom. The lowest BCUT2D eigenvalue weighted by atomic mass is 10.1. The van der Waals surface area contributed by atoms with Crippen LogP contribution in [-0.2, 0) is 7.05 Å². The van der Waals surface area contributed by atoms with Crippen LogP contribution < -0.4 is 5.32 Å². The van der Waals surface area contributed by atoms with Crippen LogP contribution in [0.25, 0.3) is 11.3 Å². The molecule has 1 unspecified atom stereocenters. The predicted octanol–water partition coefficient (Wildman–Crippen LogP) is 3.17. The standard InChI is InChI=1S/C14H16ClN3/c1-18-13(10-4-6-11(15)7-5-10)9-17-14(18)12-3-2-8-16-12/h4-7,9,12,16H,2-3,8H2,1H3. The highest BCUT2D eigenvalue weighted by atomic mass is 35.5. The van der Waals surface area contributed by atoms with Crippen LogP contribution in [0.15, 0.2) is 30.5 Å². The second-order valence-electron chi connectivity index (χ2n) is 4.72. The molecule has 1 aromatic carbocycles. The number of hydrogen-bond donors (Lipinski definition) is 1. The number of imidazole rings is 1. The molecule has 0 aliphatic carbocycles. The molecule has 1 atom stereocenters. The summed E-state index contributed by atoms with van der Waals surface area (Å²) in [7, 11) is 2.08. The van der Waals surface area contributed by atoms with Crippen molar-refractivity contribution in [2.75, 3.05) is 6.54 Å². The van der Waals surface area contributed by atoms with Gasteiger partial charge in [-0.1, -0.05) is 23.7 Å². The van der Waals surface area contributed by atoms with Crippen LogP contribution in [0.3, 0.4) is 0 Å². The maximum atomic E-state index is 5.92. The Hall–Kier alpha value is -1.32. The van der Waals surface area contributed by atoms with Crippen molar-refractivity contribution in [3.8, 4) is 11.3 Å². The Morgan fingerprint density at radius 2 is 2.11 bits per heavy atom. The van der Waals surface area contributed by atoms with Gasteiger partial charge in [-0.15, -0.1) is 0 Å². The van der Waals surface area contributed by atoms with Gasteiger partial charge in [-0.2, -0.15) is 0 Å². The van der Waals surface area contributed by atoms with Gasteiger partial charge in [0.15, 0.2) is 0 Å². The third-order valence-electron chi connectivity index (χ3n) is 3.54. The van der Waals surface area contributed by atoms with Crippen molar-refractivity contribution >= 4 is 11.6 Å². The van der Waals surface area contributed by atoms with Gasteiger partial charge in [0, 0.05) is 12.1 Å². The molecule has 1 saturated heterocycles.